The summed E-state index contributed by atoms with van der Waals surface area (Å²) in [5.41, 5.74) is 4.04. The number of rotatable bonds is 4. The van der Waals surface area contributed by atoms with Crippen LogP contribution in [-0.2, 0) is 11.2 Å². The van der Waals surface area contributed by atoms with Crippen molar-refractivity contribution in [3.05, 3.63) is 16.1 Å². The molecule has 0 spiro atoms. The fourth-order valence-electron chi connectivity index (χ4n) is 2.16. The molecule has 0 radical (unpaired) electrons. The molecule has 1 aliphatic heterocycles. The van der Waals surface area contributed by atoms with Gasteiger partial charge in [-0.3, -0.25) is 11.3 Å². The van der Waals surface area contributed by atoms with Crippen LogP contribution in [0.3, 0.4) is 0 Å². The van der Waals surface area contributed by atoms with Crippen molar-refractivity contribution in [1.82, 2.24) is 10.4 Å². The first-order chi connectivity index (χ1) is 7.79. The van der Waals surface area contributed by atoms with E-state index in [1.165, 1.54) is 5.01 Å². The number of aryl methyl sites for hydroxylation is 1. The molecular formula is C11H19N3OS. The lowest BCUT2D eigenvalue weighted by Crippen LogP contribution is -2.44. The smallest absolute Gasteiger partial charge is 0.0944 e. The average molecular weight is 241 g/mol. The van der Waals surface area contributed by atoms with Gasteiger partial charge in [0.2, 0.25) is 0 Å². The average Bonchev–Trinajstić information content (AvgIpc) is 2.73. The SMILES string of the molecule is Cc1csc(CC(NN)C2CCOCC2)n1. The van der Waals surface area contributed by atoms with E-state index in [9.17, 15) is 0 Å². The molecular weight excluding hydrogens is 222 g/mol. The van der Waals surface area contributed by atoms with E-state index < -0.39 is 0 Å². The molecule has 5 heteroatoms. The summed E-state index contributed by atoms with van der Waals surface area (Å²) in [6.45, 7) is 3.75. The van der Waals surface area contributed by atoms with Crippen molar-refractivity contribution in [3.63, 3.8) is 0 Å². The van der Waals surface area contributed by atoms with Gasteiger partial charge >= 0.3 is 0 Å². The number of nitrogens with zero attached hydrogens (tertiary/aromatic N) is 1. The molecule has 1 fully saturated rings. The van der Waals surface area contributed by atoms with Crippen LogP contribution >= 0.6 is 11.3 Å². The molecule has 90 valence electrons. The summed E-state index contributed by atoms with van der Waals surface area (Å²) in [5, 5.41) is 3.26. The molecule has 0 bridgehead atoms. The maximum absolute atomic E-state index is 5.64. The Bertz CT molecular complexity index is 323. The maximum Gasteiger partial charge on any atom is 0.0944 e. The first-order valence-corrected chi connectivity index (χ1v) is 6.62. The molecule has 1 unspecified atom stereocenters. The second-order valence-corrected chi connectivity index (χ2v) is 5.25. The van der Waals surface area contributed by atoms with Gasteiger partial charge in [0.05, 0.1) is 5.01 Å². The highest BCUT2D eigenvalue weighted by atomic mass is 32.1. The van der Waals surface area contributed by atoms with Crippen molar-refractivity contribution in [1.29, 1.82) is 0 Å². The third-order valence-corrected chi connectivity index (χ3v) is 4.10. The van der Waals surface area contributed by atoms with E-state index in [0.717, 1.165) is 38.2 Å². The first-order valence-electron chi connectivity index (χ1n) is 5.74. The highest BCUT2D eigenvalue weighted by Crippen LogP contribution is 2.22. The van der Waals surface area contributed by atoms with Gasteiger partial charge < -0.3 is 4.74 Å². The van der Waals surface area contributed by atoms with Crippen LogP contribution in [0.4, 0.5) is 0 Å². The Labute approximate surface area is 100 Å². The van der Waals surface area contributed by atoms with Gasteiger partial charge in [0.25, 0.3) is 0 Å². The Morgan fingerprint density at radius 3 is 2.94 bits per heavy atom. The largest absolute Gasteiger partial charge is 0.381 e. The highest BCUT2D eigenvalue weighted by Gasteiger charge is 2.24. The zero-order chi connectivity index (χ0) is 11.4. The molecule has 3 N–H and O–H groups in total. The summed E-state index contributed by atoms with van der Waals surface area (Å²) in [7, 11) is 0. The minimum Gasteiger partial charge on any atom is -0.381 e. The first kappa shape index (κ1) is 12.0. The Hall–Kier alpha value is -0.490. The summed E-state index contributed by atoms with van der Waals surface area (Å²) < 4.78 is 5.37. The zero-order valence-corrected chi connectivity index (χ0v) is 10.4. The molecule has 1 aliphatic rings. The molecule has 1 saturated heterocycles. The number of nitrogens with two attached hydrogens (primary N) is 1. The predicted molar refractivity (Wildman–Crippen MR) is 65.2 cm³/mol. The van der Waals surface area contributed by atoms with Gasteiger partial charge in [-0.2, -0.15) is 0 Å². The fourth-order valence-corrected chi connectivity index (χ4v) is 3.00. The summed E-state index contributed by atoms with van der Waals surface area (Å²) in [4.78, 5) is 4.48. The van der Waals surface area contributed by atoms with Crippen LogP contribution in [0, 0.1) is 12.8 Å². The Balaban J connectivity index is 1.94. The molecule has 0 saturated carbocycles. The summed E-state index contributed by atoms with van der Waals surface area (Å²) in [6.07, 6.45) is 3.12. The monoisotopic (exact) mass is 241 g/mol. The van der Waals surface area contributed by atoms with Crippen molar-refractivity contribution >= 4 is 11.3 Å². The van der Waals surface area contributed by atoms with E-state index >= 15 is 0 Å². The molecule has 4 nitrogen and oxygen atoms in total. The van der Waals surface area contributed by atoms with Crippen LogP contribution in [0.1, 0.15) is 23.5 Å². The lowest BCUT2D eigenvalue weighted by molar-refractivity contribution is 0.0537. The summed E-state index contributed by atoms with van der Waals surface area (Å²) in [6, 6.07) is 0.328. The normalized spacial score (nSPS) is 19.9. The van der Waals surface area contributed by atoms with Crippen molar-refractivity contribution in [2.45, 2.75) is 32.2 Å². The molecule has 16 heavy (non-hydrogen) atoms. The molecule has 1 atom stereocenters. The van der Waals surface area contributed by atoms with E-state index in [-0.39, 0.29) is 0 Å². The lowest BCUT2D eigenvalue weighted by Gasteiger charge is -2.29. The second kappa shape index (κ2) is 5.72. The van der Waals surface area contributed by atoms with Crippen LogP contribution in [-0.4, -0.2) is 24.2 Å². The summed E-state index contributed by atoms with van der Waals surface area (Å²) >= 11 is 1.72. The number of nitrogens with one attached hydrogen (secondary N) is 1. The van der Waals surface area contributed by atoms with E-state index in [2.05, 4.69) is 15.8 Å². The molecule has 2 rings (SSSR count). The molecule has 2 heterocycles. The van der Waals surface area contributed by atoms with E-state index in [0.29, 0.717) is 12.0 Å². The number of hydrogen-bond acceptors (Lipinski definition) is 5. The molecule has 1 aromatic heterocycles. The number of aromatic nitrogens is 1. The minimum absolute atomic E-state index is 0.328. The van der Waals surface area contributed by atoms with Crippen LogP contribution in [0.2, 0.25) is 0 Å². The van der Waals surface area contributed by atoms with Crippen LogP contribution in [0.25, 0.3) is 0 Å². The Morgan fingerprint density at radius 2 is 2.38 bits per heavy atom. The second-order valence-electron chi connectivity index (χ2n) is 4.31. The lowest BCUT2D eigenvalue weighted by atomic mass is 9.90. The molecule has 0 aromatic carbocycles. The van der Waals surface area contributed by atoms with E-state index in [1.807, 2.05) is 6.92 Å². The van der Waals surface area contributed by atoms with Gasteiger partial charge in [-0.15, -0.1) is 11.3 Å². The third kappa shape index (κ3) is 3.01. The zero-order valence-electron chi connectivity index (χ0n) is 9.61. The van der Waals surface area contributed by atoms with Gasteiger partial charge in [0.1, 0.15) is 0 Å². The van der Waals surface area contributed by atoms with Gasteiger partial charge in [0, 0.05) is 36.8 Å². The van der Waals surface area contributed by atoms with Crippen LogP contribution < -0.4 is 11.3 Å². The van der Waals surface area contributed by atoms with Gasteiger partial charge in [0.15, 0.2) is 0 Å². The summed E-state index contributed by atoms with van der Waals surface area (Å²) in [5.74, 6) is 6.26. The number of hydrogen-bond donors (Lipinski definition) is 2. The molecule has 0 aliphatic carbocycles. The Morgan fingerprint density at radius 1 is 1.62 bits per heavy atom. The standard InChI is InChI=1S/C11H19N3OS/c1-8-7-16-11(13-8)6-10(14-12)9-2-4-15-5-3-9/h7,9-10,14H,2-6,12H2,1H3. The van der Waals surface area contributed by atoms with Crippen molar-refractivity contribution in [3.8, 4) is 0 Å². The van der Waals surface area contributed by atoms with Crippen molar-refractivity contribution in [2.24, 2.45) is 11.8 Å². The number of hydrazine groups is 1. The minimum atomic E-state index is 0.328. The topological polar surface area (TPSA) is 60.2 Å². The van der Waals surface area contributed by atoms with E-state index in [1.54, 1.807) is 11.3 Å². The molecule has 0 amide bonds. The van der Waals surface area contributed by atoms with Gasteiger partial charge in [-0.25, -0.2) is 4.98 Å². The van der Waals surface area contributed by atoms with Crippen LogP contribution in [0.15, 0.2) is 5.38 Å². The predicted octanol–water partition coefficient (Wildman–Crippen LogP) is 1.25. The van der Waals surface area contributed by atoms with Gasteiger partial charge in [-0.05, 0) is 25.7 Å². The molecule has 1 aromatic rings. The van der Waals surface area contributed by atoms with Crippen molar-refractivity contribution < 1.29 is 4.74 Å². The number of ether oxygens (including phenoxy) is 1. The maximum atomic E-state index is 5.64. The quantitative estimate of drug-likeness (QED) is 0.615. The van der Waals surface area contributed by atoms with E-state index in [4.69, 9.17) is 10.6 Å². The third-order valence-electron chi connectivity index (χ3n) is 3.11. The van der Waals surface area contributed by atoms with Crippen LogP contribution in [0.5, 0.6) is 0 Å². The number of thiazole rings is 1. The Kier molecular flexibility index (Phi) is 4.29. The fraction of sp³-hybridized carbons (Fsp3) is 0.727. The van der Waals surface area contributed by atoms with Gasteiger partial charge in [-0.1, -0.05) is 0 Å². The highest BCUT2D eigenvalue weighted by molar-refractivity contribution is 7.09. The van der Waals surface area contributed by atoms with Crippen molar-refractivity contribution in [2.75, 3.05) is 13.2 Å².